The fraction of sp³-hybridized carbons (Fsp3) is 0.455. The fourth-order valence-electron chi connectivity index (χ4n) is 1.49. The second-order valence-electron chi connectivity index (χ2n) is 4.41. The van der Waals surface area contributed by atoms with Crippen LogP contribution >= 0.6 is 0 Å². The first-order valence-corrected chi connectivity index (χ1v) is 4.97. The molecule has 0 bridgehead atoms. The van der Waals surface area contributed by atoms with Crippen LogP contribution in [0.25, 0.3) is 0 Å². The number of carbonyl (C=O) groups is 2. The van der Waals surface area contributed by atoms with Crippen LogP contribution in [0.4, 0.5) is 0 Å². The standard InChI is InChI=1S/C11H16N2O3/c1-11(2,7-9(14)15)12-10(16)8-5-4-6-13(8)3/h4-6H,7H2,1-3H3,(H,12,16)(H,14,15). The van der Waals surface area contributed by atoms with Crippen LogP contribution in [0.3, 0.4) is 0 Å². The van der Waals surface area contributed by atoms with Gasteiger partial charge in [0.25, 0.3) is 5.91 Å². The van der Waals surface area contributed by atoms with Gasteiger partial charge in [0, 0.05) is 18.8 Å². The highest BCUT2D eigenvalue weighted by Crippen LogP contribution is 2.10. The van der Waals surface area contributed by atoms with E-state index in [2.05, 4.69) is 5.32 Å². The maximum absolute atomic E-state index is 11.8. The first-order valence-electron chi connectivity index (χ1n) is 4.97. The van der Waals surface area contributed by atoms with Crippen molar-refractivity contribution in [1.29, 1.82) is 0 Å². The van der Waals surface area contributed by atoms with Crippen LogP contribution in [-0.2, 0) is 11.8 Å². The average Bonchev–Trinajstić information content (AvgIpc) is 2.47. The molecule has 1 aromatic rings. The van der Waals surface area contributed by atoms with Crippen molar-refractivity contribution in [3.63, 3.8) is 0 Å². The summed E-state index contributed by atoms with van der Waals surface area (Å²) in [5.41, 5.74) is -0.244. The third kappa shape index (κ3) is 3.12. The van der Waals surface area contributed by atoms with Gasteiger partial charge in [-0.25, -0.2) is 0 Å². The molecule has 0 aliphatic carbocycles. The van der Waals surface area contributed by atoms with Gasteiger partial charge in [-0.05, 0) is 26.0 Å². The molecule has 0 aliphatic heterocycles. The summed E-state index contributed by atoms with van der Waals surface area (Å²) in [5.74, 6) is -1.20. The Morgan fingerprint density at radius 3 is 2.56 bits per heavy atom. The quantitative estimate of drug-likeness (QED) is 0.801. The number of rotatable bonds is 4. The van der Waals surface area contributed by atoms with E-state index in [1.165, 1.54) is 0 Å². The zero-order valence-electron chi connectivity index (χ0n) is 9.65. The van der Waals surface area contributed by atoms with Crippen molar-refractivity contribution in [3.05, 3.63) is 24.0 Å². The van der Waals surface area contributed by atoms with Crippen molar-refractivity contribution >= 4 is 11.9 Å². The maximum atomic E-state index is 11.8. The van der Waals surface area contributed by atoms with Gasteiger partial charge in [-0.15, -0.1) is 0 Å². The maximum Gasteiger partial charge on any atom is 0.305 e. The molecule has 0 aliphatic rings. The number of hydrogen-bond donors (Lipinski definition) is 2. The number of carboxylic acids is 1. The van der Waals surface area contributed by atoms with Crippen LogP contribution in [0.2, 0.25) is 0 Å². The third-order valence-corrected chi connectivity index (χ3v) is 2.22. The molecule has 0 saturated heterocycles. The molecule has 16 heavy (non-hydrogen) atoms. The fourth-order valence-corrected chi connectivity index (χ4v) is 1.49. The molecule has 0 radical (unpaired) electrons. The van der Waals surface area contributed by atoms with Gasteiger partial charge in [0.15, 0.2) is 0 Å². The Hall–Kier alpha value is -1.78. The lowest BCUT2D eigenvalue weighted by Crippen LogP contribution is -2.45. The number of aromatic nitrogens is 1. The summed E-state index contributed by atoms with van der Waals surface area (Å²) in [6, 6.07) is 3.45. The number of carbonyl (C=O) groups excluding carboxylic acids is 1. The molecular formula is C11H16N2O3. The molecule has 1 heterocycles. The van der Waals surface area contributed by atoms with Crippen LogP contribution < -0.4 is 5.32 Å². The molecule has 0 fully saturated rings. The first kappa shape index (κ1) is 12.3. The van der Waals surface area contributed by atoms with E-state index in [1.807, 2.05) is 0 Å². The zero-order chi connectivity index (χ0) is 12.3. The van der Waals surface area contributed by atoms with Gasteiger partial charge in [0.1, 0.15) is 5.69 Å². The zero-order valence-corrected chi connectivity index (χ0v) is 9.65. The summed E-state index contributed by atoms with van der Waals surface area (Å²) in [6.45, 7) is 3.36. The van der Waals surface area contributed by atoms with E-state index < -0.39 is 11.5 Å². The van der Waals surface area contributed by atoms with E-state index >= 15 is 0 Å². The van der Waals surface area contributed by atoms with E-state index in [0.29, 0.717) is 5.69 Å². The van der Waals surface area contributed by atoms with Gasteiger partial charge < -0.3 is 15.0 Å². The van der Waals surface area contributed by atoms with E-state index in [0.717, 1.165) is 0 Å². The van der Waals surface area contributed by atoms with Gasteiger partial charge in [-0.2, -0.15) is 0 Å². The summed E-state index contributed by atoms with van der Waals surface area (Å²) in [5, 5.41) is 11.4. The van der Waals surface area contributed by atoms with Gasteiger partial charge >= 0.3 is 5.97 Å². The van der Waals surface area contributed by atoms with Crippen LogP contribution in [0.15, 0.2) is 18.3 Å². The molecule has 2 N–H and O–H groups in total. The average molecular weight is 224 g/mol. The number of aryl methyl sites for hydroxylation is 1. The van der Waals surface area contributed by atoms with Crippen molar-refractivity contribution in [2.45, 2.75) is 25.8 Å². The molecule has 0 atom stereocenters. The monoisotopic (exact) mass is 224 g/mol. The molecule has 0 aromatic carbocycles. The second-order valence-corrected chi connectivity index (χ2v) is 4.41. The first-order chi connectivity index (χ1) is 7.32. The Balaban J connectivity index is 2.71. The smallest absolute Gasteiger partial charge is 0.305 e. The molecule has 5 heteroatoms. The number of aliphatic carboxylic acids is 1. The van der Waals surface area contributed by atoms with Crippen LogP contribution in [0.5, 0.6) is 0 Å². The highest BCUT2D eigenvalue weighted by atomic mass is 16.4. The highest BCUT2D eigenvalue weighted by molar-refractivity contribution is 5.93. The molecular weight excluding hydrogens is 208 g/mol. The summed E-state index contributed by atoms with van der Waals surface area (Å²) >= 11 is 0. The number of carboxylic acid groups (broad SMARTS) is 1. The number of nitrogens with zero attached hydrogens (tertiary/aromatic N) is 1. The SMILES string of the molecule is Cn1cccc1C(=O)NC(C)(C)CC(=O)O. The summed E-state index contributed by atoms with van der Waals surface area (Å²) in [6.07, 6.45) is 1.66. The normalized spacial score (nSPS) is 11.2. The molecule has 1 rings (SSSR count). The van der Waals surface area contributed by atoms with Gasteiger partial charge in [0.05, 0.1) is 6.42 Å². The van der Waals surface area contributed by atoms with Gasteiger partial charge in [-0.3, -0.25) is 9.59 Å². The molecule has 5 nitrogen and oxygen atoms in total. The Morgan fingerprint density at radius 2 is 2.12 bits per heavy atom. The minimum Gasteiger partial charge on any atom is -0.481 e. The number of nitrogens with one attached hydrogen (secondary N) is 1. The van der Waals surface area contributed by atoms with Crippen molar-refractivity contribution in [3.8, 4) is 0 Å². The van der Waals surface area contributed by atoms with Gasteiger partial charge in [-0.1, -0.05) is 0 Å². The predicted octanol–water partition coefficient (Wildman–Crippen LogP) is 1.01. The third-order valence-electron chi connectivity index (χ3n) is 2.22. The topological polar surface area (TPSA) is 71.3 Å². The number of amides is 1. The Kier molecular flexibility index (Phi) is 3.37. The van der Waals surface area contributed by atoms with E-state index in [9.17, 15) is 9.59 Å². The van der Waals surface area contributed by atoms with Crippen molar-refractivity contribution in [2.75, 3.05) is 0 Å². The lowest BCUT2D eigenvalue weighted by molar-refractivity contribution is -0.138. The molecule has 0 spiro atoms. The largest absolute Gasteiger partial charge is 0.481 e. The number of hydrogen-bond acceptors (Lipinski definition) is 2. The van der Waals surface area contributed by atoms with Crippen LogP contribution in [0.1, 0.15) is 30.8 Å². The van der Waals surface area contributed by atoms with Crippen LogP contribution in [0, 0.1) is 0 Å². The van der Waals surface area contributed by atoms with Crippen molar-refractivity contribution in [2.24, 2.45) is 7.05 Å². The van der Waals surface area contributed by atoms with Crippen LogP contribution in [-0.4, -0.2) is 27.1 Å². The van der Waals surface area contributed by atoms with E-state index in [-0.39, 0.29) is 12.3 Å². The Labute approximate surface area is 94.1 Å². The minimum atomic E-state index is -0.933. The summed E-state index contributed by atoms with van der Waals surface area (Å²) in [7, 11) is 1.76. The molecule has 0 saturated carbocycles. The second kappa shape index (κ2) is 4.38. The van der Waals surface area contributed by atoms with Crippen molar-refractivity contribution < 1.29 is 14.7 Å². The van der Waals surface area contributed by atoms with Gasteiger partial charge in [0.2, 0.25) is 0 Å². The Bertz CT molecular complexity index is 407. The lowest BCUT2D eigenvalue weighted by atomic mass is 10.0. The molecule has 0 unspecified atom stereocenters. The van der Waals surface area contributed by atoms with E-state index in [4.69, 9.17) is 5.11 Å². The summed E-state index contributed by atoms with van der Waals surface area (Å²) in [4.78, 5) is 22.4. The highest BCUT2D eigenvalue weighted by Gasteiger charge is 2.25. The molecule has 1 aromatic heterocycles. The van der Waals surface area contributed by atoms with Crippen molar-refractivity contribution in [1.82, 2.24) is 9.88 Å². The molecule has 88 valence electrons. The predicted molar refractivity (Wildman–Crippen MR) is 59.2 cm³/mol. The summed E-state index contributed by atoms with van der Waals surface area (Å²) < 4.78 is 1.69. The van der Waals surface area contributed by atoms with E-state index in [1.54, 1.807) is 43.8 Å². The molecule has 1 amide bonds. The minimum absolute atomic E-state index is 0.108. The lowest BCUT2D eigenvalue weighted by Gasteiger charge is -2.24. The Morgan fingerprint density at radius 1 is 1.50 bits per heavy atom.